The lowest BCUT2D eigenvalue weighted by Crippen LogP contribution is -2.30. The standard InChI is InChI=1S/C11H17N3.C2H6/c1-9-12-6-11(7-13-9)10-4-3-5-14(2)8-10;1-2/h6-7,10H,3-5,8H2,1-2H3;1-2H3/t10-;/m1./s1. The predicted octanol–water partition coefficient (Wildman–Crippen LogP) is 2.62. The lowest BCUT2D eigenvalue weighted by atomic mass is 9.93. The number of piperidine rings is 1. The molecule has 3 heteroatoms. The third kappa shape index (κ3) is 3.56. The van der Waals surface area contributed by atoms with Crippen LogP contribution in [-0.4, -0.2) is 35.0 Å². The van der Waals surface area contributed by atoms with Gasteiger partial charge in [-0.1, -0.05) is 13.8 Å². The summed E-state index contributed by atoms with van der Waals surface area (Å²) in [5.41, 5.74) is 1.29. The summed E-state index contributed by atoms with van der Waals surface area (Å²) in [6, 6.07) is 0. The minimum atomic E-state index is 0.634. The molecule has 1 atom stereocenters. The van der Waals surface area contributed by atoms with Crippen LogP contribution in [0.25, 0.3) is 0 Å². The van der Waals surface area contributed by atoms with Gasteiger partial charge >= 0.3 is 0 Å². The molecule has 2 rings (SSSR count). The van der Waals surface area contributed by atoms with Gasteiger partial charge in [-0.25, -0.2) is 9.97 Å². The van der Waals surface area contributed by atoms with Crippen LogP contribution in [0.4, 0.5) is 0 Å². The first-order valence-electron chi connectivity index (χ1n) is 6.23. The summed E-state index contributed by atoms with van der Waals surface area (Å²) in [5.74, 6) is 1.49. The number of aryl methyl sites for hydroxylation is 1. The van der Waals surface area contributed by atoms with Gasteiger partial charge in [0.1, 0.15) is 5.82 Å². The zero-order valence-corrected chi connectivity index (χ0v) is 10.9. The maximum Gasteiger partial charge on any atom is 0.125 e. The molecular formula is C13H23N3. The average molecular weight is 221 g/mol. The van der Waals surface area contributed by atoms with E-state index in [0.29, 0.717) is 5.92 Å². The molecule has 0 unspecified atom stereocenters. The molecular weight excluding hydrogens is 198 g/mol. The molecule has 1 fully saturated rings. The number of rotatable bonds is 1. The van der Waals surface area contributed by atoms with E-state index in [1.807, 2.05) is 33.2 Å². The van der Waals surface area contributed by atoms with Crippen molar-refractivity contribution in [3.05, 3.63) is 23.8 Å². The molecule has 1 aliphatic rings. The summed E-state index contributed by atoms with van der Waals surface area (Å²) in [7, 11) is 2.18. The molecule has 2 heterocycles. The number of likely N-dealkylation sites (tertiary alicyclic amines) is 1. The smallest absolute Gasteiger partial charge is 0.125 e. The first-order valence-corrected chi connectivity index (χ1v) is 6.23. The molecule has 1 aromatic rings. The number of hydrogen-bond donors (Lipinski definition) is 0. The van der Waals surface area contributed by atoms with Crippen molar-refractivity contribution in [2.45, 2.75) is 39.5 Å². The van der Waals surface area contributed by atoms with Gasteiger partial charge in [-0.2, -0.15) is 0 Å². The highest BCUT2D eigenvalue weighted by Crippen LogP contribution is 2.24. The van der Waals surface area contributed by atoms with Gasteiger partial charge in [-0.15, -0.1) is 0 Å². The Morgan fingerprint density at radius 3 is 2.44 bits per heavy atom. The van der Waals surface area contributed by atoms with Gasteiger partial charge in [0.15, 0.2) is 0 Å². The Labute approximate surface area is 98.9 Å². The molecule has 0 radical (unpaired) electrons. The van der Waals surface area contributed by atoms with E-state index in [4.69, 9.17) is 0 Å². The number of likely N-dealkylation sites (N-methyl/N-ethyl adjacent to an activating group) is 1. The van der Waals surface area contributed by atoms with Crippen LogP contribution in [0.15, 0.2) is 12.4 Å². The first-order chi connectivity index (χ1) is 7.75. The number of hydrogen-bond acceptors (Lipinski definition) is 3. The zero-order chi connectivity index (χ0) is 12.0. The van der Waals surface area contributed by atoms with Crippen LogP contribution in [0.5, 0.6) is 0 Å². The van der Waals surface area contributed by atoms with Crippen LogP contribution < -0.4 is 0 Å². The second kappa shape index (κ2) is 6.59. The monoisotopic (exact) mass is 221 g/mol. The molecule has 0 aromatic carbocycles. The Kier molecular flexibility index (Phi) is 5.39. The maximum atomic E-state index is 4.25. The Hall–Kier alpha value is -0.960. The molecule has 1 saturated heterocycles. The molecule has 0 bridgehead atoms. The van der Waals surface area contributed by atoms with E-state index in [9.17, 15) is 0 Å². The molecule has 0 saturated carbocycles. The highest BCUT2D eigenvalue weighted by molar-refractivity contribution is 5.12. The van der Waals surface area contributed by atoms with Gasteiger partial charge in [-0.05, 0) is 44.8 Å². The lowest BCUT2D eigenvalue weighted by Gasteiger charge is -2.29. The summed E-state index contributed by atoms with van der Waals surface area (Å²) in [4.78, 5) is 10.9. The Morgan fingerprint density at radius 1 is 1.25 bits per heavy atom. The van der Waals surface area contributed by atoms with Crippen molar-refractivity contribution in [2.24, 2.45) is 0 Å². The first kappa shape index (κ1) is 13.1. The second-order valence-electron chi connectivity index (χ2n) is 4.17. The van der Waals surface area contributed by atoms with Crippen molar-refractivity contribution in [1.82, 2.24) is 14.9 Å². The van der Waals surface area contributed by atoms with Crippen LogP contribution >= 0.6 is 0 Å². The van der Waals surface area contributed by atoms with E-state index in [1.54, 1.807) is 0 Å². The minimum absolute atomic E-state index is 0.634. The fourth-order valence-corrected chi connectivity index (χ4v) is 2.05. The largest absolute Gasteiger partial charge is 0.306 e. The fraction of sp³-hybridized carbons (Fsp3) is 0.692. The van der Waals surface area contributed by atoms with Gasteiger partial charge in [0.05, 0.1) is 0 Å². The Bertz CT molecular complexity index is 295. The predicted molar refractivity (Wildman–Crippen MR) is 67.6 cm³/mol. The van der Waals surface area contributed by atoms with Crippen LogP contribution in [0, 0.1) is 6.92 Å². The number of aromatic nitrogens is 2. The Balaban J connectivity index is 0.000000606. The lowest BCUT2D eigenvalue weighted by molar-refractivity contribution is 0.250. The minimum Gasteiger partial charge on any atom is -0.306 e. The molecule has 3 nitrogen and oxygen atoms in total. The molecule has 0 amide bonds. The van der Waals surface area contributed by atoms with Gasteiger partial charge in [0, 0.05) is 18.9 Å². The van der Waals surface area contributed by atoms with Crippen LogP contribution in [0.1, 0.15) is 44.0 Å². The highest BCUT2D eigenvalue weighted by atomic mass is 15.1. The van der Waals surface area contributed by atoms with Gasteiger partial charge in [-0.3, -0.25) is 0 Å². The van der Waals surface area contributed by atoms with E-state index in [-0.39, 0.29) is 0 Å². The summed E-state index contributed by atoms with van der Waals surface area (Å²) in [5, 5.41) is 0. The van der Waals surface area contributed by atoms with Gasteiger partial charge < -0.3 is 4.90 Å². The topological polar surface area (TPSA) is 29.0 Å². The van der Waals surface area contributed by atoms with E-state index in [2.05, 4.69) is 21.9 Å². The number of nitrogens with zero attached hydrogens (tertiary/aromatic N) is 3. The van der Waals surface area contributed by atoms with Crippen LogP contribution in [0.2, 0.25) is 0 Å². The second-order valence-corrected chi connectivity index (χ2v) is 4.17. The zero-order valence-electron chi connectivity index (χ0n) is 10.9. The van der Waals surface area contributed by atoms with Crippen molar-refractivity contribution in [2.75, 3.05) is 20.1 Å². The summed E-state index contributed by atoms with van der Waals surface area (Å²) >= 11 is 0. The van der Waals surface area contributed by atoms with Crippen LogP contribution in [0.3, 0.4) is 0 Å². The Morgan fingerprint density at radius 2 is 1.88 bits per heavy atom. The van der Waals surface area contributed by atoms with E-state index in [0.717, 1.165) is 12.4 Å². The quantitative estimate of drug-likeness (QED) is 0.730. The normalized spacial score (nSPS) is 21.1. The van der Waals surface area contributed by atoms with Gasteiger partial charge in [0.25, 0.3) is 0 Å². The molecule has 1 aliphatic heterocycles. The third-order valence-electron chi connectivity index (χ3n) is 2.90. The maximum absolute atomic E-state index is 4.25. The van der Waals surface area contributed by atoms with Crippen molar-refractivity contribution in [1.29, 1.82) is 0 Å². The molecule has 16 heavy (non-hydrogen) atoms. The van der Waals surface area contributed by atoms with Crippen molar-refractivity contribution in [3.8, 4) is 0 Å². The molecule has 1 aromatic heterocycles. The van der Waals surface area contributed by atoms with E-state index < -0.39 is 0 Å². The van der Waals surface area contributed by atoms with E-state index in [1.165, 1.54) is 24.9 Å². The average Bonchev–Trinajstić information content (AvgIpc) is 2.32. The summed E-state index contributed by atoms with van der Waals surface area (Å²) < 4.78 is 0. The summed E-state index contributed by atoms with van der Waals surface area (Å²) in [6.45, 7) is 8.30. The molecule has 0 N–H and O–H groups in total. The van der Waals surface area contributed by atoms with Crippen LogP contribution in [-0.2, 0) is 0 Å². The molecule has 90 valence electrons. The molecule has 0 spiro atoms. The van der Waals surface area contributed by atoms with E-state index >= 15 is 0 Å². The molecule has 0 aliphatic carbocycles. The fourth-order valence-electron chi connectivity index (χ4n) is 2.05. The van der Waals surface area contributed by atoms with Crippen molar-refractivity contribution < 1.29 is 0 Å². The van der Waals surface area contributed by atoms with Crippen molar-refractivity contribution in [3.63, 3.8) is 0 Å². The SMILES string of the molecule is CC.Cc1ncc([C@@H]2CCCN(C)C2)cn1. The third-order valence-corrected chi connectivity index (χ3v) is 2.90. The highest BCUT2D eigenvalue weighted by Gasteiger charge is 2.18. The van der Waals surface area contributed by atoms with Crippen molar-refractivity contribution >= 4 is 0 Å². The summed E-state index contributed by atoms with van der Waals surface area (Å²) in [6.07, 6.45) is 6.52. The van der Waals surface area contributed by atoms with Gasteiger partial charge in [0.2, 0.25) is 0 Å².